The Morgan fingerprint density at radius 3 is 1.96 bits per heavy atom. The van der Waals surface area contributed by atoms with E-state index in [4.69, 9.17) is 14.2 Å². The first kappa shape index (κ1) is 19.8. The fourth-order valence-corrected chi connectivity index (χ4v) is 3.18. The Morgan fingerprint density at radius 1 is 0.857 bits per heavy atom. The van der Waals surface area contributed by atoms with Crippen molar-refractivity contribution < 1.29 is 19.0 Å². The number of hydrogen-bond donors (Lipinski definition) is 1. The zero-order valence-corrected chi connectivity index (χ0v) is 16.6. The summed E-state index contributed by atoms with van der Waals surface area (Å²) in [7, 11) is 4.84. The lowest BCUT2D eigenvalue weighted by Gasteiger charge is -2.34. The molecule has 0 radical (unpaired) electrons. The highest BCUT2D eigenvalue weighted by Gasteiger charge is 2.21. The maximum atomic E-state index is 12.6. The molecule has 0 aromatic heterocycles. The van der Waals surface area contributed by atoms with Gasteiger partial charge in [-0.15, -0.1) is 0 Å². The summed E-state index contributed by atoms with van der Waals surface area (Å²) in [6.45, 7) is 3.90. The maximum Gasteiger partial charge on any atom is 0.321 e. The van der Waals surface area contributed by atoms with E-state index in [0.29, 0.717) is 30.3 Å². The largest absolute Gasteiger partial charge is 0.497 e. The molecule has 3 rings (SSSR count). The van der Waals surface area contributed by atoms with E-state index in [1.54, 1.807) is 39.5 Å². The average Bonchev–Trinajstić information content (AvgIpc) is 2.74. The van der Waals surface area contributed by atoms with Crippen molar-refractivity contribution in [3.05, 3.63) is 48.0 Å². The molecule has 0 saturated carbocycles. The molecule has 1 fully saturated rings. The molecule has 1 aliphatic heterocycles. The van der Waals surface area contributed by atoms with E-state index >= 15 is 0 Å². The van der Waals surface area contributed by atoms with E-state index in [1.165, 1.54) is 5.56 Å². The summed E-state index contributed by atoms with van der Waals surface area (Å²) < 4.78 is 15.7. The van der Waals surface area contributed by atoms with E-state index in [1.807, 2.05) is 17.0 Å². The van der Waals surface area contributed by atoms with Crippen LogP contribution in [0.5, 0.6) is 17.2 Å². The zero-order valence-electron chi connectivity index (χ0n) is 16.6. The van der Waals surface area contributed by atoms with Crippen LogP contribution in [0.3, 0.4) is 0 Å². The molecule has 1 heterocycles. The van der Waals surface area contributed by atoms with Crippen molar-refractivity contribution in [3.8, 4) is 17.2 Å². The molecule has 0 atom stereocenters. The molecule has 1 saturated heterocycles. The van der Waals surface area contributed by atoms with E-state index in [-0.39, 0.29) is 6.03 Å². The standard InChI is InChI=1S/C21H27N3O4/c1-26-18-6-4-16(5-7-18)15-23-8-10-24(11-9-23)21(25)22-17-12-19(27-2)14-20(13-17)28-3/h4-7,12-14H,8-11,15H2,1-3H3,(H,22,25). The molecule has 0 unspecified atom stereocenters. The molecule has 2 aromatic carbocycles. The topological polar surface area (TPSA) is 63.3 Å². The summed E-state index contributed by atoms with van der Waals surface area (Å²) in [4.78, 5) is 16.8. The van der Waals surface area contributed by atoms with Crippen LogP contribution in [0.25, 0.3) is 0 Å². The maximum absolute atomic E-state index is 12.6. The van der Waals surface area contributed by atoms with Crippen LogP contribution in [-0.2, 0) is 6.54 Å². The van der Waals surface area contributed by atoms with Crippen LogP contribution in [0.2, 0.25) is 0 Å². The minimum absolute atomic E-state index is 0.112. The Bertz CT molecular complexity index is 764. The van der Waals surface area contributed by atoms with Gasteiger partial charge in [0, 0.05) is 56.6 Å². The summed E-state index contributed by atoms with van der Waals surface area (Å²) in [5, 5.41) is 2.93. The Labute approximate surface area is 165 Å². The Morgan fingerprint density at radius 2 is 1.43 bits per heavy atom. The van der Waals surface area contributed by atoms with Crippen LogP contribution >= 0.6 is 0 Å². The van der Waals surface area contributed by atoms with E-state index in [0.717, 1.165) is 25.4 Å². The molecule has 0 bridgehead atoms. The molecule has 2 amide bonds. The van der Waals surface area contributed by atoms with Crippen molar-refractivity contribution in [1.29, 1.82) is 0 Å². The minimum Gasteiger partial charge on any atom is -0.497 e. The highest BCUT2D eigenvalue weighted by atomic mass is 16.5. The number of carbonyl (C=O) groups excluding carboxylic acids is 1. The highest BCUT2D eigenvalue weighted by molar-refractivity contribution is 5.90. The molecule has 7 heteroatoms. The molecule has 2 aromatic rings. The van der Waals surface area contributed by atoms with Crippen molar-refractivity contribution in [2.24, 2.45) is 0 Å². The quantitative estimate of drug-likeness (QED) is 0.828. The lowest BCUT2D eigenvalue weighted by Crippen LogP contribution is -2.49. The molecule has 1 N–H and O–H groups in total. The fourth-order valence-electron chi connectivity index (χ4n) is 3.18. The van der Waals surface area contributed by atoms with Gasteiger partial charge in [0.15, 0.2) is 0 Å². The van der Waals surface area contributed by atoms with Gasteiger partial charge in [-0.1, -0.05) is 12.1 Å². The number of piperazine rings is 1. The number of methoxy groups -OCH3 is 3. The van der Waals surface area contributed by atoms with Crippen LogP contribution in [-0.4, -0.2) is 63.3 Å². The summed E-state index contributed by atoms with van der Waals surface area (Å²) in [5.74, 6) is 2.14. The molecule has 28 heavy (non-hydrogen) atoms. The minimum atomic E-state index is -0.112. The average molecular weight is 385 g/mol. The van der Waals surface area contributed by atoms with Gasteiger partial charge in [0.1, 0.15) is 17.2 Å². The summed E-state index contributed by atoms with van der Waals surface area (Å²) in [6, 6.07) is 13.3. The Hall–Kier alpha value is -2.93. The number of anilines is 1. The third-order valence-electron chi connectivity index (χ3n) is 4.83. The number of rotatable bonds is 6. The number of benzene rings is 2. The number of nitrogens with zero attached hydrogens (tertiary/aromatic N) is 2. The fraction of sp³-hybridized carbons (Fsp3) is 0.381. The van der Waals surface area contributed by atoms with E-state index in [2.05, 4.69) is 22.3 Å². The SMILES string of the molecule is COc1ccc(CN2CCN(C(=O)Nc3cc(OC)cc(OC)c3)CC2)cc1. The normalized spacial score (nSPS) is 14.5. The molecule has 7 nitrogen and oxygen atoms in total. The second-order valence-electron chi connectivity index (χ2n) is 6.64. The molecule has 150 valence electrons. The third-order valence-corrected chi connectivity index (χ3v) is 4.83. The van der Waals surface area contributed by atoms with E-state index in [9.17, 15) is 4.79 Å². The summed E-state index contributed by atoms with van der Waals surface area (Å²) in [5.41, 5.74) is 1.89. The molecular weight excluding hydrogens is 358 g/mol. The van der Waals surface area contributed by atoms with Gasteiger partial charge in [0.25, 0.3) is 0 Å². The van der Waals surface area contributed by atoms with Gasteiger partial charge >= 0.3 is 6.03 Å². The van der Waals surface area contributed by atoms with Gasteiger partial charge < -0.3 is 24.4 Å². The number of carbonyl (C=O) groups is 1. The number of urea groups is 1. The first-order chi connectivity index (χ1) is 13.6. The first-order valence-electron chi connectivity index (χ1n) is 9.25. The van der Waals surface area contributed by atoms with Crippen molar-refractivity contribution in [2.75, 3.05) is 52.8 Å². The van der Waals surface area contributed by atoms with Crippen molar-refractivity contribution >= 4 is 11.7 Å². The van der Waals surface area contributed by atoms with Crippen molar-refractivity contribution in [1.82, 2.24) is 9.80 Å². The van der Waals surface area contributed by atoms with Crippen LogP contribution in [0, 0.1) is 0 Å². The molecule has 0 spiro atoms. The van der Waals surface area contributed by atoms with Gasteiger partial charge in [0.05, 0.1) is 21.3 Å². The Kier molecular flexibility index (Phi) is 6.60. The molecule has 0 aliphatic carbocycles. The van der Waals surface area contributed by atoms with Gasteiger partial charge in [-0.25, -0.2) is 4.79 Å². The van der Waals surface area contributed by atoms with Gasteiger partial charge in [0.2, 0.25) is 0 Å². The zero-order chi connectivity index (χ0) is 19.9. The lowest BCUT2D eigenvalue weighted by atomic mass is 10.2. The summed E-state index contributed by atoms with van der Waals surface area (Å²) in [6.07, 6.45) is 0. The second-order valence-corrected chi connectivity index (χ2v) is 6.64. The molecule has 1 aliphatic rings. The third kappa shape index (κ3) is 5.07. The monoisotopic (exact) mass is 385 g/mol. The van der Waals surface area contributed by atoms with Crippen LogP contribution in [0.1, 0.15) is 5.56 Å². The van der Waals surface area contributed by atoms with Crippen LogP contribution in [0.15, 0.2) is 42.5 Å². The number of hydrogen-bond acceptors (Lipinski definition) is 5. The summed E-state index contributed by atoms with van der Waals surface area (Å²) >= 11 is 0. The number of nitrogens with one attached hydrogen (secondary N) is 1. The van der Waals surface area contributed by atoms with Gasteiger partial charge in [-0.2, -0.15) is 0 Å². The second kappa shape index (κ2) is 9.32. The van der Waals surface area contributed by atoms with Crippen molar-refractivity contribution in [2.45, 2.75) is 6.54 Å². The number of amides is 2. The Balaban J connectivity index is 1.52. The highest BCUT2D eigenvalue weighted by Crippen LogP contribution is 2.26. The van der Waals surface area contributed by atoms with Crippen LogP contribution < -0.4 is 19.5 Å². The van der Waals surface area contributed by atoms with Gasteiger partial charge in [-0.05, 0) is 17.7 Å². The molecular formula is C21H27N3O4. The predicted octanol–water partition coefficient (Wildman–Crippen LogP) is 3.06. The number of ether oxygens (including phenoxy) is 3. The van der Waals surface area contributed by atoms with Gasteiger partial charge in [-0.3, -0.25) is 4.90 Å². The van der Waals surface area contributed by atoms with Crippen LogP contribution in [0.4, 0.5) is 10.5 Å². The van der Waals surface area contributed by atoms with Crippen molar-refractivity contribution in [3.63, 3.8) is 0 Å². The lowest BCUT2D eigenvalue weighted by molar-refractivity contribution is 0.143. The predicted molar refractivity (Wildman–Crippen MR) is 108 cm³/mol. The van der Waals surface area contributed by atoms with E-state index < -0.39 is 0 Å². The first-order valence-corrected chi connectivity index (χ1v) is 9.25. The smallest absolute Gasteiger partial charge is 0.321 e.